The highest BCUT2D eigenvalue weighted by atomic mass is 16.6. The van der Waals surface area contributed by atoms with E-state index in [1.807, 2.05) is 6.07 Å². The third kappa shape index (κ3) is 3.76. The van der Waals surface area contributed by atoms with E-state index in [1.54, 1.807) is 51.5 Å². The van der Waals surface area contributed by atoms with E-state index in [-0.39, 0.29) is 5.69 Å². The second-order valence-electron chi connectivity index (χ2n) is 4.65. The van der Waals surface area contributed by atoms with Gasteiger partial charge in [-0.1, -0.05) is 12.1 Å². The normalized spacial score (nSPS) is 11.0. The molecule has 0 saturated heterocycles. The Morgan fingerprint density at radius 1 is 1.17 bits per heavy atom. The molecule has 0 heterocycles. The van der Waals surface area contributed by atoms with E-state index in [2.05, 4.69) is 10.5 Å². The van der Waals surface area contributed by atoms with E-state index in [9.17, 15) is 10.1 Å². The minimum absolute atomic E-state index is 0.0363. The Balaban J connectivity index is 2.29. The van der Waals surface area contributed by atoms with Crippen LogP contribution >= 0.6 is 0 Å². The minimum atomic E-state index is -0.457. The molecule has 23 heavy (non-hydrogen) atoms. The molecule has 120 valence electrons. The van der Waals surface area contributed by atoms with Crippen LogP contribution < -0.4 is 14.9 Å². The summed E-state index contributed by atoms with van der Waals surface area (Å²) in [4.78, 5) is 10.5. The van der Waals surface area contributed by atoms with E-state index >= 15 is 0 Å². The Hall–Kier alpha value is -3.09. The van der Waals surface area contributed by atoms with Gasteiger partial charge in [0.05, 0.1) is 24.9 Å². The topological polar surface area (TPSA) is 86.0 Å². The molecule has 0 fully saturated rings. The van der Waals surface area contributed by atoms with Gasteiger partial charge in [0, 0.05) is 17.7 Å². The van der Waals surface area contributed by atoms with Crippen molar-refractivity contribution >= 4 is 17.1 Å². The molecule has 2 rings (SSSR count). The number of rotatable bonds is 6. The van der Waals surface area contributed by atoms with Crippen molar-refractivity contribution in [2.45, 2.75) is 6.92 Å². The fourth-order valence-corrected chi connectivity index (χ4v) is 2.03. The van der Waals surface area contributed by atoms with Crippen molar-refractivity contribution in [3.8, 4) is 11.5 Å². The van der Waals surface area contributed by atoms with Crippen molar-refractivity contribution in [2.75, 3.05) is 19.6 Å². The summed E-state index contributed by atoms with van der Waals surface area (Å²) in [5, 5.41) is 15.2. The highest BCUT2D eigenvalue weighted by Gasteiger charge is 2.12. The van der Waals surface area contributed by atoms with Crippen molar-refractivity contribution in [1.82, 2.24) is 0 Å². The average molecular weight is 315 g/mol. The van der Waals surface area contributed by atoms with Gasteiger partial charge in [-0.3, -0.25) is 15.5 Å². The summed E-state index contributed by atoms with van der Waals surface area (Å²) >= 11 is 0. The molecule has 0 aromatic heterocycles. The van der Waals surface area contributed by atoms with Gasteiger partial charge in [0.2, 0.25) is 0 Å². The van der Waals surface area contributed by atoms with Crippen LogP contribution in [0.1, 0.15) is 12.5 Å². The van der Waals surface area contributed by atoms with Gasteiger partial charge < -0.3 is 9.47 Å². The van der Waals surface area contributed by atoms with Gasteiger partial charge in [-0.25, -0.2) is 0 Å². The van der Waals surface area contributed by atoms with Gasteiger partial charge in [-0.05, 0) is 25.1 Å². The van der Waals surface area contributed by atoms with Gasteiger partial charge in [-0.15, -0.1) is 0 Å². The largest absolute Gasteiger partial charge is 0.497 e. The van der Waals surface area contributed by atoms with Crippen LogP contribution in [0.25, 0.3) is 0 Å². The zero-order chi connectivity index (χ0) is 16.8. The summed E-state index contributed by atoms with van der Waals surface area (Å²) in [6.07, 6.45) is 0. The molecule has 0 aliphatic rings. The SMILES string of the molecule is COc1ccc(/C(C)=N\Nc2ccccc2[N+](=O)[O-])c(OC)c1. The number of nitrogens with zero attached hydrogens (tertiary/aromatic N) is 2. The van der Waals surface area contributed by atoms with Crippen LogP contribution in [0.5, 0.6) is 11.5 Å². The number of nitro groups is 1. The summed E-state index contributed by atoms with van der Waals surface area (Å²) in [7, 11) is 3.13. The first kappa shape index (κ1) is 16.3. The maximum absolute atomic E-state index is 11.0. The summed E-state index contributed by atoms with van der Waals surface area (Å²) < 4.78 is 10.5. The lowest BCUT2D eigenvalue weighted by Gasteiger charge is -2.10. The van der Waals surface area contributed by atoms with E-state index in [0.29, 0.717) is 22.9 Å². The molecule has 0 spiro atoms. The molecule has 0 bridgehead atoms. The van der Waals surface area contributed by atoms with Gasteiger partial charge >= 0.3 is 0 Å². The molecule has 1 N–H and O–H groups in total. The number of nitrogens with one attached hydrogen (secondary N) is 1. The molecule has 7 heteroatoms. The second kappa shape index (κ2) is 7.26. The van der Waals surface area contributed by atoms with Crippen LogP contribution in [0, 0.1) is 10.1 Å². The summed E-state index contributed by atoms with van der Waals surface area (Å²) in [6.45, 7) is 1.78. The Morgan fingerprint density at radius 2 is 1.91 bits per heavy atom. The number of benzene rings is 2. The number of anilines is 1. The van der Waals surface area contributed by atoms with E-state index in [4.69, 9.17) is 9.47 Å². The van der Waals surface area contributed by atoms with Crippen LogP contribution in [-0.4, -0.2) is 24.9 Å². The van der Waals surface area contributed by atoms with Gasteiger partial charge in [0.1, 0.15) is 17.2 Å². The standard InChI is InChI=1S/C16H17N3O4/c1-11(13-9-8-12(22-2)10-16(13)23-3)17-18-14-6-4-5-7-15(14)19(20)21/h4-10,18H,1-3H3/b17-11-. The molecule has 0 unspecified atom stereocenters. The van der Waals surface area contributed by atoms with Gasteiger partial charge in [0.25, 0.3) is 5.69 Å². The smallest absolute Gasteiger partial charge is 0.294 e. The molecule has 7 nitrogen and oxygen atoms in total. The van der Waals surface area contributed by atoms with Crippen molar-refractivity contribution in [1.29, 1.82) is 0 Å². The Morgan fingerprint density at radius 3 is 2.57 bits per heavy atom. The molecule has 0 saturated carbocycles. The monoisotopic (exact) mass is 315 g/mol. The molecule has 2 aromatic carbocycles. The number of ether oxygens (including phenoxy) is 2. The predicted molar refractivity (Wildman–Crippen MR) is 88.5 cm³/mol. The molecule has 0 amide bonds. The number of hydrogen-bond acceptors (Lipinski definition) is 6. The Labute approximate surface area is 133 Å². The van der Waals surface area contributed by atoms with Crippen molar-refractivity contribution in [2.24, 2.45) is 5.10 Å². The Bertz CT molecular complexity index is 744. The zero-order valence-electron chi connectivity index (χ0n) is 13.1. The van der Waals surface area contributed by atoms with Crippen LogP contribution in [0.3, 0.4) is 0 Å². The number of methoxy groups -OCH3 is 2. The van der Waals surface area contributed by atoms with E-state index in [0.717, 1.165) is 5.56 Å². The average Bonchev–Trinajstić information content (AvgIpc) is 2.59. The predicted octanol–water partition coefficient (Wildman–Crippen LogP) is 3.45. The first-order valence-electron chi connectivity index (χ1n) is 6.83. The van der Waals surface area contributed by atoms with Crippen molar-refractivity contribution in [3.63, 3.8) is 0 Å². The molecule has 0 aliphatic carbocycles. The third-order valence-corrected chi connectivity index (χ3v) is 3.24. The fourth-order valence-electron chi connectivity index (χ4n) is 2.03. The summed E-state index contributed by atoms with van der Waals surface area (Å²) in [5.41, 5.74) is 4.41. The molecule has 0 atom stereocenters. The highest BCUT2D eigenvalue weighted by molar-refractivity contribution is 6.01. The van der Waals surface area contributed by atoms with Gasteiger partial charge in [0.15, 0.2) is 0 Å². The summed E-state index contributed by atoms with van der Waals surface area (Å²) in [5.74, 6) is 1.28. The van der Waals surface area contributed by atoms with Crippen LogP contribution in [0.4, 0.5) is 11.4 Å². The molecule has 0 radical (unpaired) electrons. The molecule has 0 aliphatic heterocycles. The third-order valence-electron chi connectivity index (χ3n) is 3.24. The number of nitro benzene ring substituents is 1. The van der Waals surface area contributed by atoms with Crippen molar-refractivity contribution in [3.05, 3.63) is 58.1 Å². The minimum Gasteiger partial charge on any atom is -0.497 e. The fraction of sp³-hybridized carbons (Fsp3) is 0.188. The highest BCUT2D eigenvalue weighted by Crippen LogP contribution is 2.26. The molecular formula is C16H17N3O4. The number of para-hydroxylation sites is 2. The number of hydrogen-bond donors (Lipinski definition) is 1. The summed E-state index contributed by atoms with van der Waals surface area (Å²) in [6, 6.07) is 11.7. The lowest BCUT2D eigenvalue weighted by molar-refractivity contribution is -0.384. The molecule has 2 aromatic rings. The quantitative estimate of drug-likeness (QED) is 0.501. The first-order chi connectivity index (χ1) is 11.1. The Kier molecular flexibility index (Phi) is 5.14. The second-order valence-corrected chi connectivity index (χ2v) is 4.65. The zero-order valence-corrected chi connectivity index (χ0v) is 13.1. The lowest BCUT2D eigenvalue weighted by atomic mass is 10.1. The van der Waals surface area contributed by atoms with E-state index in [1.165, 1.54) is 6.07 Å². The van der Waals surface area contributed by atoms with Crippen LogP contribution in [-0.2, 0) is 0 Å². The molecular weight excluding hydrogens is 298 g/mol. The maximum atomic E-state index is 11.0. The number of hydrazone groups is 1. The van der Waals surface area contributed by atoms with Crippen molar-refractivity contribution < 1.29 is 14.4 Å². The van der Waals surface area contributed by atoms with E-state index < -0.39 is 4.92 Å². The first-order valence-corrected chi connectivity index (χ1v) is 6.83. The van der Waals surface area contributed by atoms with Gasteiger partial charge in [-0.2, -0.15) is 5.10 Å². The van der Waals surface area contributed by atoms with Crippen LogP contribution in [0.2, 0.25) is 0 Å². The maximum Gasteiger partial charge on any atom is 0.294 e. The van der Waals surface area contributed by atoms with Crippen LogP contribution in [0.15, 0.2) is 47.6 Å². The lowest BCUT2D eigenvalue weighted by Crippen LogP contribution is -2.04.